The molecule has 0 aliphatic carbocycles. The molecule has 4 nitrogen and oxygen atoms in total. The molecule has 0 saturated carbocycles. The molecule has 0 aliphatic heterocycles. The lowest BCUT2D eigenvalue weighted by Crippen LogP contribution is -2.12. The van der Waals surface area contributed by atoms with Crippen LogP contribution in [0.3, 0.4) is 0 Å². The number of aromatic carboxylic acids is 1. The summed E-state index contributed by atoms with van der Waals surface area (Å²) in [5.74, 6) is -1.05. The quantitative estimate of drug-likeness (QED) is 0.486. The highest BCUT2D eigenvalue weighted by atomic mass is 35.5. The van der Waals surface area contributed by atoms with Crippen LogP contribution in [0.2, 0.25) is 0 Å². The number of amides is 1. The van der Waals surface area contributed by atoms with Crippen molar-refractivity contribution in [2.24, 2.45) is 0 Å². The van der Waals surface area contributed by atoms with Crippen LogP contribution in [-0.2, 0) is 0 Å². The van der Waals surface area contributed by atoms with Crippen LogP contribution in [0.25, 0.3) is 0 Å². The second-order valence-electron chi connectivity index (χ2n) is 2.39. The molecule has 0 unspecified atom stereocenters. The van der Waals surface area contributed by atoms with Crippen LogP contribution in [0, 0.1) is 0 Å². The maximum absolute atomic E-state index is 10.6. The summed E-state index contributed by atoms with van der Waals surface area (Å²) >= 11 is 10.6. The van der Waals surface area contributed by atoms with Gasteiger partial charge in [0.1, 0.15) is 0 Å². The van der Waals surface area contributed by atoms with Crippen molar-refractivity contribution < 1.29 is 14.7 Å². The van der Waals surface area contributed by atoms with Crippen LogP contribution in [-0.4, -0.2) is 16.4 Å². The van der Waals surface area contributed by atoms with Crippen molar-refractivity contribution in [2.45, 2.75) is 0 Å². The summed E-state index contributed by atoms with van der Waals surface area (Å²) in [6, 6.07) is 5.42. The molecule has 0 fully saturated rings. The Morgan fingerprint density at radius 3 is 2.07 bits per heavy atom. The molecule has 0 heterocycles. The summed E-state index contributed by atoms with van der Waals surface area (Å²) in [6.45, 7) is 0. The molecular weight excluding hydrogens is 229 g/mol. The average molecular weight is 234 g/mol. The van der Waals surface area contributed by atoms with Crippen LogP contribution in [0.15, 0.2) is 24.3 Å². The first-order chi connectivity index (χ1) is 6.52. The first kappa shape index (κ1) is 10.8. The first-order valence-electron chi connectivity index (χ1n) is 3.51. The highest BCUT2D eigenvalue weighted by molar-refractivity contribution is 6.71. The number of halogens is 2. The third-order valence-corrected chi connectivity index (χ3v) is 2.10. The summed E-state index contributed by atoms with van der Waals surface area (Å²) < 4.78 is 0.688. The maximum atomic E-state index is 10.6. The minimum atomic E-state index is -1.05. The maximum Gasteiger partial charge on any atom is 0.335 e. The Bertz CT molecular complexity index is 363. The van der Waals surface area contributed by atoms with E-state index < -0.39 is 11.3 Å². The Morgan fingerprint density at radius 2 is 1.71 bits per heavy atom. The van der Waals surface area contributed by atoms with Gasteiger partial charge in [0.15, 0.2) is 0 Å². The van der Waals surface area contributed by atoms with Crippen LogP contribution in [0.4, 0.5) is 10.5 Å². The molecule has 0 saturated heterocycles. The lowest BCUT2D eigenvalue weighted by molar-refractivity contribution is 0.0697. The Morgan fingerprint density at radius 1 is 1.21 bits per heavy atom. The van der Waals surface area contributed by atoms with Crippen LogP contribution < -0.4 is 4.42 Å². The van der Waals surface area contributed by atoms with Crippen molar-refractivity contribution in [3.05, 3.63) is 29.8 Å². The van der Waals surface area contributed by atoms with E-state index in [-0.39, 0.29) is 5.56 Å². The van der Waals surface area contributed by atoms with E-state index in [2.05, 4.69) is 0 Å². The predicted molar refractivity (Wildman–Crippen MR) is 53.0 cm³/mol. The zero-order chi connectivity index (χ0) is 10.7. The lowest BCUT2D eigenvalue weighted by Gasteiger charge is -2.09. The van der Waals surface area contributed by atoms with Crippen molar-refractivity contribution in [3.63, 3.8) is 0 Å². The second-order valence-corrected chi connectivity index (χ2v) is 3.05. The number of carboxylic acids is 1. The number of carbonyl (C=O) groups is 2. The lowest BCUT2D eigenvalue weighted by atomic mass is 10.2. The number of rotatable bonds is 2. The molecule has 6 heteroatoms. The normalized spacial score (nSPS) is 9.57. The molecule has 1 aromatic rings. The van der Waals surface area contributed by atoms with Gasteiger partial charge in [-0.2, -0.15) is 0 Å². The number of hydrogen-bond donors (Lipinski definition) is 1. The zero-order valence-corrected chi connectivity index (χ0v) is 8.29. The SMILES string of the molecule is O=C(O)c1ccc(N(Cl)C(=O)Cl)cc1. The molecule has 0 atom stereocenters. The Hall–Kier alpha value is -1.26. The molecular formula is C8H5Cl2NO3. The van der Waals surface area contributed by atoms with Crippen molar-refractivity contribution >= 4 is 40.4 Å². The topological polar surface area (TPSA) is 57.6 Å². The molecule has 0 aliphatic rings. The van der Waals surface area contributed by atoms with Crippen molar-refractivity contribution in [3.8, 4) is 0 Å². The summed E-state index contributed by atoms with van der Waals surface area (Å²) in [5.41, 5.74) is 0.428. The van der Waals surface area contributed by atoms with E-state index in [0.717, 1.165) is 0 Å². The fourth-order valence-electron chi connectivity index (χ4n) is 0.836. The molecule has 74 valence electrons. The van der Waals surface area contributed by atoms with E-state index in [1.807, 2.05) is 0 Å². The van der Waals surface area contributed by atoms with Gasteiger partial charge in [-0.1, -0.05) is 0 Å². The number of nitrogens with zero attached hydrogens (tertiary/aromatic N) is 1. The fourth-order valence-corrected chi connectivity index (χ4v) is 1.05. The minimum absolute atomic E-state index is 0.112. The summed E-state index contributed by atoms with van der Waals surface area (Å²) in [5, 5.41) is 7.73. The number of carbonyl (C=O) groups excluding carboxylic acids is 1. The van der Waals surface area contributed by atoms with Crippen molar-refractivity contribution in [1.82, 2.24) is 0 Å². The fraction of sp³-hybridized carbons (Fsp3) is 0. The number of benzene rings is 1. The van der Waals surface area contributed by atoms with Gasteiger partial charge in [0, 0.05) is 11.8 Å². The van der Waals surface area contributed by atoms with Gasteiger partial charge in [-0.25, -0.2) is 9.21 Å². The van der Waals surface area contributed by atoms with Gasteiger partial charge in [-0.05, 0) is 35.9 Å². The predicted octanol–water partition coefficient (Wildman–Crippen LogP) is 2.70. The standard InChI is InChI=1S/C8H5Cl2NO3/c9-8(14)11(10)6-3-1-5(2-4-6)7(12)13/h1-4H,(H,12,13). The minimum Gasteiger partial charge on any atom is -0.478 e. The second kappa shape index (κ2) is 4.30. The Labute approximate surface area is 89.8 Å². The molecule has 1 amide bonds. The highest BCUT2D eigenvalue weighted by Crippen LogP contribution is 2.19. The van der Waals surface area contributed by atoms with Crippen LogP contribution in [0.5, 0.6) is 0 Å². The molecule has 0 aromatic heterocycles. The van der Waals surface area contributed by atoms with Gasteiger partial charge in [-0.3, -0.25) is 4.79 Å². The Kier molecular flexibility index (Phi) is 3.33. The number of anilines is 1. The first-order valence-corrected chi connectivity index (χ1v) is 4.22. The molecule has 1 rings (SSSR count). The van der Waals surface area contributed by atoms with Gasteiger partial charge in [0.05, 0.1) is 11.3 Å². The van der Waals surface area contributed by atoms with Gasteiger partial charge in [0.25, 0.3) is 0 Å². The largest absolute Gasteiger partial charge is 0.478 e. The molecule has 14 heavy (non-hydrogen) atoms. The van der Waals surface area contributed by atoms with Gasteiger partial charge < -0.3 is 5.11 Å². The van der Waals surface area contributed by atoms with Crippen LogP contribution in [0.1, 0.15) is 10.4 Å². The van der Waals surface area contributed by atoms with E-state index in [1.54, 1.807) is 0 Å². The smallest absolute Gasteiger partial charge is 0.335 e. The molecule has 1 aromatic carbocycles. The van der Waals surface area contributed by atoms with E-state index in [1.165, 1.54) is 24.3 Å². The molecule has 0 bridgehead atoms. The van der Waals surface area contributed by atoms with Crippen molar-refractivity contribution in [1.29, 1.82) is 0 Å². The summed E-state index contributed by atoms with van der Waals surface area (Å²) in [7, 11) is 0. The number of carboxylic acid groups (broad SMARTS) is 1. The summed E-state index contributed by atoms with van der Waals surface area (Å²) in [4.78, 5) is 21.1. The molecule has 0 radical (unpaired) electrons. The van der Waals surface area contributed by atoms with E-state index in [0.29, 0.717) is 10.1 Å². The zero-order valence-electron chi connectivity index (χ0n) is 6.78. The van der Waals surface area contributed by atoms with E-state index >= 15 is 0 Å². The molecule has 0 spiro atoms. The summed E-state index contributed by atoms with van der Waals surface area (Å²) in [6.07, 6.45) is 0. The molecule has 1 N–H and O–H groups in total. The van der Waals surface area contributed by atoms with E-state index in [4.69, 9.17) is 28.5 Å². The van der Waals surface area contributed by atoms with Crippen LogP contribution >= 0.6 is 23.4 Å². The monoisotopic (exact) mass is 233 g/mol. The van der Waals surface area contributed by atoms with Crippen molar-refractivity contribution in [2.75, 3.05) is 4.42 Å². The van der Waals surface area contributed by atoms with Gasteiger partial charge in [-0.15, -0.1) is 0 Å². The third-order valence-electron chi connectivity index (χ3n) is 1.50. The van der Waals surface area contributed by atoms with Gasteiger partial charge >= 0.3 is 11.3 Å². The third kappa shape index (κ3) is 2.37. The van der Waals surface area contributed by atoms with Gasteiger partial charge in [0.2, 0.25) is 0 Å². The number of hydrogen-bond acceptors (Lipinski definition) is 2. The highest BCUT2D eigenvalue weighted by Gasteiger charge is 2.10. The Balaban J connectivity index is 2.94. The average Bonchev–Trinajstić information content (AvgIpc) is 2.16. The van der Waals surface area contributed by atoms with E-state index in [9.17, 15) is 9.59 Å².